The van der Waals surface area contributed by atoms with Crippen LogP contribution in [0.4, 0.5) is 50.9 Å². The summed E-state index contributed by atoms with van der Waals surface area (Å²) < 4.78 is 129. The second kappa shape index (κ2) is 11.2. The van der Waals surface area contributed by atoms with Gasteiger partial charge in [0.1, 0.15) is 11.3 Å². The van der Waals surface area contributed by atoms with Crippen LogP contribution in [0.15, 0.2) is 63.6 Å². The highest BCUT2D eigenvalue weighted by Crippen LogP contribution is 2.44. The monoisotopic (exact) mass is 638 g/mol. The number of alkyl halides is 9. The summed E-state index contributed by atoms with van der Waals surface area (Å²) in [6.07, 6.45) is -16.3. The van der Waals surface area contributed by atoms with Gasteiger partial charge in [-0.05, 0) is 19.1 Å². The Bertz CT molecular complexity index is 1550. The Balaban J connectivity index is 0.00000506. The van der Waals surface area contributed by atoms with Gasteiger partial charge >= 0.3 is 18.5 Å². The van der Waals surface area contributed by atoms with Crippen molar-refractivity contribution in [3.05, 3.63) is 71.1 Å². The lowest BCUT2D eigenvalue weighted by Crippen LogP contribution is -2.59. The Morgan fingerprint density at radius 2 is 1.67 bits per heavy atom. The molecule has 4 rings (SSSR count). The van der Waals surface area contributed by atoms with Crippen molar-refractivity contribution < 1.29 is 49.0 Å². The van der Waals surface area contributed by atoms with E-state index in [9.17, 15) is 44.3 Å². The molecule has 0 unspecified atom stereocenters. The molecule has 2 aromatic rings. The number of fused-ring (bicyclic) bond motifs is 1. The first kappa shape index (κ1) is 33.4. The van der Waals surface area contributed by atoms with Crippen molar-refractivity contribution in [2.24, 2.45) is 15.1 Å². The van der Waals surface area contributed by atoms with Crippen LogP contribution in [0.1, 0.15) is 24.5 Å². The molecule has 230 valence electrons. The average molecular weight is 639 g/mol. The Hall–Kier alpha value is -4.11. The molecule has 0 radical (unpaired) electrons. The fourth-order valence-electron chi connectivity index (χ4n) is 4.43. The summed E-state index contributed by atoms with van der Waals surface area (Å²) in [5.41, 5.74) is -10.3. The van der Waals surface area contributed by atoms with Gasteiger partial charge < -0.3 is 4.74 Å². The van der Waals surface area contributed by atoms with Gasteiger partial charge in [-0.15, -0.1) is 0 Å². The zero-order valence-corrected chi connectivity index (χ0v) is 22.8. The standard InChI is InChI=1S/C25H17F9N6O2.H2S/c1-21-12-17(24(29,30)31)39-40(21)20(37-18(21)36-14-9-10-16(35-2)15(11-14)23(26,27)28)38-19(41)22(42-3,25(32,33)34)13-7-5-4-6-8-13;/h4-11H,12H2,1,3H3,(H,36,37,38,41);1H2/t21-,22+;/m0./s1. The number of ether oxygens (including phenoxy) is 1. The number of hydrogen-bond acceptors (Lipinski definition) is 5. The Morgan fingerprint density at radius 1 is 1.05 bits per heavy atom. The van der Waals surface area contributed by atoms with Crippen LogP contribution in [0.2, 0.25) is 0 Å². The minimum Gasteiger partial charge on any atom is -0.356 e. The van der Waals surface area contributed by atoms with Crippen molar-refractivity contribution in [3.8, 4) is 0 Å². The van der Waals surface area contributed by atoms with E-state index < -0.39 is 82.0 Å². The van der Waals surface area contributed by atoms with Gasteiger partial charge in [0.25, 0.3) is 11.5 Å². The number of aliphatic imine (C=N–C) groups is 2. The van der Waals surface area contributed by atoms with Crippen molar-refractivity contribution in [3.63, 3.8) is 0 Å². The number of nitrogens with zero attached hydrogens (tertiary/aromatic N) is 5. The van der Waals surface area contributed by atoms with Crippen LogP contribution >= 0.6 is 13.5 Å². The summed E-state index contributed by atoms with van der Waals surface area (Å²) in [7, 11) is 0.605. The predicted molar refractivity (Wildman–Crippen MR) is 140 cm³/mol. The second-order valence-electron chi connectivity index (χ2n) is 9.19. The molecule has 2 aliphatic heterocycles. The second-order valence-corrected chi connectivity index (χ2v) is 9.19. The molecule has 0 saturated heterocycles. The number of halogens is 9. The molecular weight excluding hydrogens is 619 g/mol. The molecule has 0 bridgehead atoms. The van der Waals surface area contributed by atoms with Gasteiger partial charge in [0.15, 0.2) is 11.5 Å². The number of rotatable bonds is 4. The van der Waals surface area contributed by atoms with Crippen LogP contribution in [0.5, 0.6) is 0 Å². The van der Waals surface area contributed by atoms with Crippen molar-refractivity contribution in [1.82, 2.24) is 10.3 Å². The normalized spacial score (nSPS) is 20.9. The van der Waals surface area contributed by atoms with Gasteiger partial charge in [-0.25, -0.2) is 14.8 Å². The zero-order chi connectivity index (χ0) is 31.3. The summed E-state index contributed by atoms with van der Waals surface area (Å²) in [6, 6.07) is 7.91. The average Bonchev–Trinajstić information content (AvgIpc) is 3.37. The maximum absolute atomic E-state index is 14.4. The van der Waals surface area contributed by atoms with E-state index in [-0.39, 0.29) is 13.5 Å². The number of amides is 1. The summed E-state index contributed by atoms with van der Waals surface area (Å²) in [5.74, 6) is -3.39. The van der Waals surface area contributed by atoms with Crippen LogP contribution in [0, 0.1) is 6.57 Å². The van der Waals surface area contributed by atoms with Gasteiger partial charge in [0.05, 0.1) is 17.8 Å². The van der Waals surface area contributed by atoms with Gasteiger partial charge in [-0.3, -0.25) is 10.1 Å². The molecule has 0 aliphatic carbocycles. The van der Waals surface area contributed by atoms with Gasteiger partial charge in [0.2, 0.25) is 5.96 Å². The molecule has 2 aromatic carbocycles. The number of carbonyl (C=O) groups excluding carboxylic acids is 1. The topological polar surface area (TPSA) is 83.0 Å². The maximum atomic E-state index is 14.4. The van der Waals surface area contributed by atoms with E-state index >= 15 is 0 Å². The first-order valence-corrected chi connectivity index (χ1v) is 11.6. The molecule has 0 fully saturated rings. The third-order valence-electron chi connectivity index (χ3n) is 6.49. The molecule has 8 nitrogen and oxygen atoms in total. The van der Waals surface area contributed by atoms with Crippen LogP contribution in [0.25, 0.3) is 4.85 Å². The highest BCUT2D eigenvalue weighted by Gasteiger charge is 2.64. The molecule has 2 aliphatic rings. The van der Waals surface area contributed by atoms with E-state index in [2.05, 4.69) is 24.7 Å². The summed E-state index contributed by atoms with van der Waals surface area (Å²) in [6.45, 7) is 8.05. The lowest BCUT2D eigenvalue weighted by Gasteiger charge is -2.34. The molecule has 43 heavy (non-hydrogen) atoms. The number of hydrazone groups is 1. The molecule has 18 heteroatoms. The van der Waals surface area contributed by atoms with Crippen LogP contribution in [-0.4, -0.2) is 53.4 Å². The smallest absolute Gasteiger partial charge is 0.356 e. The van der Waals surface area contributed by atoms with Crippen molar-refractivity contribution >= 4 is 48.3 Å². The highest BCUT2D eigenvalue weighted by atomic mass is 32.1. The first-order valence-electron chi connectivity index (χ1n) is 11.6. The number of benzene rings is 2. The van der Waals surface area contributed by atoms with E-state index in [4.69, 9.17) is 6.57 Å². The van der Waals surface area contributed by atoms with E-state index in [0.29, 0.717) is 18.2 Å². The Morgan fingerprint density at radius 3 is 2.19 bits per heavy atom. The number of guanidine groups is 1. The van der Waals surface area contributed by atoms with Crippen LogP contribution in [0.3, 0.4) is 0 Å². The third kappa shape index (κ3) is 5.78. The van der Waals surface area contributed by atoms with Gasteiger partial charge in [-0.2, -0.15) is 63.1 Å². The minimum absolute atomic E-state index is 0. The molecule has 1 amide bonds. The summed E-state index contributed by atoms with van der Waals surface area (Å²) in [4.78, 5) is 23.8. The van der Waals surface area contributed by atoms with Gasteiger partial charge in [0, 0.05) is 19.1 Å². The SMILES string of the molecule is S.[C-]#[N+]c1ccc(N=C2N=C(NC(=O)[C@](OC)(c3ccccc3)C(F)(F)F)N3N=C(C(F)(F)F)C[C@@]23C)cc1C(F)(F)F. The Kier molecular flexibility index (Phi) is 8.69. The molecule has 1 N–H and O–H groups in total. The molecule has 0 spiro atoms. The maximum Gasteiger partial charge on any atom is 0.431 e. The fraction of sp³-hybridized carbons (Fsp3) is 0.320. The van der Waals surface area contributed by atoms with Crippen molar-refractivity contribution in [1.29, 1.82) is 0 Å². The number of methoxy groups -OCH3 is 1. The predicted octanol–water partition coefficient (Wildman–Crippen LogP) is 6.37. The van der Waals surface area contributed by atoms with E-state index in [0.717, 1.165) is 31.2 Å². The largest absolute Gasteiger partial charge is 0.431 e. The molecule has 2 atom stereocenters. The summed E-state index contributed by atoms with van der Waals surface area (Å²) in [5, 5.41) is 5.73. The van der Waals surface area contributed by atoms with E-state index in [1.54, 1.807) is 0 Å². The van der Waals surface area contributed by atoms with E-state index in [1.165, 1.54) is 18.2 Å². The molecule has 2 heterocycles. The van der Waals surface area contributed by atoms with Crippen LogP contribution in [-0.2, 0) is 21.3 Å². The molecular formula is C25H19F9N6O2S. The quantitative estimate of drug-likeness (QED) is 0.312. The van der Waals surface area contributed by atoms with Crippen molar-refractivity contribution in [2.45, 2.75) is 43.0 Å². The lowest BCUT2D eigenvalue weighted by molar-refractivity contribution is -0.265. The van der Waals surface area contributed by atoms with Crippen LogP contribution < -0.4 is 5.32 Å². The highest BCUT2D eigenvalue weighted by molar-refractivity contribution is 7.59. The fourth-order valence-corrected chi connectivity index (χ4v) is 4.43. The molecule has 0 saturated carbocycles. The van der Waals surface area contributed by atoms with E-state index in [1.807, 2.05) is 5.32 Å². The zero-order valence-electron chi connectivity index (χ0n) is 21.8. The summed E-state index contributed by atoms with van der Waals surface area (Å²) >= 11 is 0. The Labute approximate surface area is 244 Å². The first-order chi connectivity index (χ1) is 19.4. The lowest BCUT2D eigenvalue weighted by atomic mass is 9.91. The molecule has 0 aromatic heterocycles. The number of carbonyl (C=O) groups is 1. The third-order valence-corrected chi connectivity index (χ3v) is 6.49. The van der Waals surface area contributed by atoms with Gasteiger partial charge in [-0.1, -0.05) is 36.4 Å². The number of hydrogen-bond donors (Lipinski definition) is 1. The van der Waals surface area contributed by atoms with Crippen molar-refractivity contribution in [2.75, 3.05) is 7.11 Å². The number of nitrogens with one attached hydrogen (secondary N) is 1. The minimum atomic E-state index is -5.38. The number of amidine groups is 1.